The summed E-state index contributed by atoms with van der Waals surface area (Å²) in [6.45, 7) is 1.13. The Kier molecular flexibility index (Phi) is 5.21. The number of para-hydroxylation sites is 2. The topological polar surface area (TPSA) is 67.0 Å². The van der Waals surface area contributed by atoms with Crippen LogP contribution in [0.4, 0.5) is 8.78 Å². The van der Waals surface area contributed by atoms with Gasteiger partial charge >= 0.3 is 0 Å². The lowest BCUT2D eigenvalue weighted by Gasteiger charge is -2.11. The molecule has 0 aliphatic heterocycles. The van der Waals surface area contributed by atoms with Crippen LogP contribution in [-0.2, 0) is 9.53 Å². The number of benzene rings is 1. The van der Waals surface area contributed by atoms with E-state index in [2.05, 4.69) is 20.0 Å². The first-order chi connectivity index (χ1) is 10.1. The number of aromatic amines is 1. The molecule has 7 heteroatoms. The number of amides is 1. The smallest absolute Gasteiger partial charge is 0.261 e. The van der Waals surface area contributed by atoms with Crippen LogP contribution >= 0.6 is 0 Å². The zero-order valence-corrected chi connectivity index (χ0v) is 11.6. The molecular weight excluding hydrogens is 280 g/mol. The highest BCUT2D eigenvalue weighted by Gasteiger charge is 2.13. The molecule has 1 amide bonds. The van der Waals surface area contributed by atoms with Gasteiger partial charge in [0.25, 0.3) is 6.43 Å². The fraction of sp³-hybridized carbons (Fsp3) is 0.429. The summed E-state index contributed by atoms with van der Waals surface area (Å²) in [4.78, 5) is 19.2. The minimum atomic E-state index is -2.51. The molecule has 21 heavy (non-hydrogen) atoms. The van der Waals surface area contributed by atoms with Crippen molar-refractivity contribution in [1.29, 1.82) is 0 Å². The second-order valence-electron chi connectivity index (χ2n) is 4.64. The van der Waals surface area contributed by atoms with Gasteiger partial charge in [-0.1, -0.05) is 12.1 Å². The van der Waals surface area contributed by atoms with Gasteiger partial charge in [0, 0.05) is 6.42 Å². The van der Waals surface area contributed by atoms with Crippen LogP contribution in [0.3, 0.4) is 0 Å². The largest absolute Gasteiger partial charge is 0.375 e. The van der Waals surface area contributed by atoms with Gasteiger partial charge in [-0.25, -0.2) is 13.8 Å². The second-order valence-corrected chi connectivity index (χ2v) is 4.64. The monoisotopic (exact) mass is 297 g/mol. The summed E-state index contributed by atoms with van der Waals surface area (Å²) in [6.07, 6.45) is -2.47. The van der Waals surface area contributed by atoms with Crippen LogP contribution in [-0.4, -0.2) is 35.5 Å². The number of nitrogens with zero attached hydrogens (tertiary/aromatic N) is 1. The van der Waals surface area contributed by atoms with Gasteiger partial charge in [-0.05, 0) is 19.1 Å². The summed E-state index contributed by atoms with van der Waals surface area (Å²) in [5.41, 5.74) is 1.72. The molecule has 5 nitrogen and oxygen atoms in total. The van der Waals surface area contributed by atoms with Crippen LogP contribution in [0.25, 0.3) is 11.0 Å². The van der Waals surface area contributed by atoms with Crippen LogP contribution in [0, 0.1) is 0 Å². The van der Waals surface area contributed by atoms with Gasteiger partial charge in [-0.3, -0.25) is 4.79 Å². The predicted molar refractivity (Wildman–Crippen MR) is 74.1 cm³/mol. The van der Waals surface area contributed by atoms with Gasteiger partial charge < -0.3 is 15.0 Å². The molecular formula is C14H17F2N3O2. The van der Waals surface area contributed by atoms with Crippen molar-refractivity contribution in [2.45, 2.75) is 25.8 Å². The van der Waals surface area contributed by atoms with Gasteiger partial charge in [0.15, 0.2) is 0 Å². The lowest BCUT2D eigenvalue weighted by molar-refractivity contribution is -0.123. The van der Waals surface area contributed by atoms with Crippen LogP contribution in [0.5, 0.6) is 0 Å². The number of nitrogens with one attached hydrogen (secondary N) is 2. The maximum Gasteiger partial charge on any atom is 0.261 e. The number of H-pyrrole nitrogens is 1. The van der Waals surface area contributed by atoms with E-state index in [1.807, 2.05) is 24.3 Å². The second kappa shape index (κ2) is 7.12. The zero-order valence-electron chi connectivity index (χ0n) is 11.6. The number of imidazole rings is 1. The Balaban J connectivity index is 1.83. The van der Waals surface area contributed by atoms with E-state index in [1.54, 1.807) is 6.92 Å². The van der Waals surface area contributed by atoms with Crippen LogP contribution < -0.4 is 5.32 Å². The SMILES string of the molecule is CC(NC(=O)CCOCC(F)F)c1nc2ccccc2[nH]1. The Hall–Kier alpha value is -2.02. The van der Waals surface area contributed by atoms with Gasteiger partial charge in [0.2, 0.25) is 5.91 Å². The maximum absolute atomic E-state index is 11.9. The van der Waals surface area contributed by atoms with Crippen molar-refractivity contribution in [3.8, 4) is 0 Å². The summed E-state index contributed by atoms with van der Waals surface area (Å²) in [5, 5.41) is 2.75. The van der Waals surface area contributed by atoms with Crippen LogP contribution in [0.15, 0.2) is 24.3 Å². The van der Waals surface area contributed by atoms with Crippen LogP contribution in [0.1, 0.15) is 25.2 Å². The lowest BCUT2D eigenvalue weighted by Crippen LogP contribution is -2.28. The standard InChI is InChI=1S/C14H17F2N3O2/c1-9(17-13(20)6-7-21-8-12(15)16)14-18-10-4-2-3-5-11(10)19-14/h2-5,9,12H,6-8H2,1H3,(H,17,20)(H,18,19). The van der Waals surface area contributed by atoms with E-state index in [1.165, 1.54) is 0 Å². The highest BCUT2D eigenvalue weighted by Crippen LogP contribution is 2.15. The summed E-state index contributed by atoms with van der Waals surface area (Å²) in [5.74, 6) is 0.385. The number of carbonyl (C=O) groups is 1. The number of hydrogen-bond donors (Lipinski definition) is 2. The molecule has 0 radical (unpaired) electrons. The molecule has 2 N–H and O–H groups in total. The van der Waals surface area contributed by atoms with Gasteiger partial charge in [-0.2, -0.15) is 0 Å². The van der Waals surface area contributed by atoms with E-state index in [4.69, 9.17) is 0 Å². The molecule has 0 saturated carbocycles. The predicted octanol–water partition coefficient (Wildman–Crippen LogP) is 2.41. The molecule has 0 spiro atoms. The number of halogens is 2. The van der Waals surface area contributed by atoms with E-state index < -0.39 is 13.0 Å². The molecule has 1 atom stereocenters. The van der Waals surface area contributed by atoms with Crippen molar-refractivity contribution in [3.63, 3.8) is 0 Å². The number of aromatic nitrogens is 2. The Morgan fingerprint density at radius 1 is 1.43 bits per heavy atom. The number of hydrogen-bond acceptors (Lipinski definition) is 3. The third kappa shape index (κ3) is 4.49. The van der Waals surface area contributed by atoms with Crippen molar-refractivity contribution in [3.05, 3.63) is 30.1 Å². The molecule has 2 aromatic rings. The fourth-order valence-corrected chi connectivity index (χ4v) is 1.90. The average molecular weight is 297 g/mol. The molecule has 2 rings (SSSR count). The molecule has 1 unspecified atom stereocenters. The molecule has 0 aliphatic rings. The Bertz CT molecular complexity index is 568. The number of ether oxygens (including phenoxy) is 1. The van der Waals surface area contributed by atoms with E-state index in [9.17, 15) is 13.6 Å². The number of alkyl halides is 2. The third-order valence-corrected chi connectivity index (χ3v) is 2.91. The first-order valence-electron chi connectivity index (χ1n) is 6.66. The Labute approximate surface area is 120 Å². The molecule has 0 saturated heterocycles. The van der Waals surface area contributed by atoms with Gasteiger partial charge in [0.05, 0.1) is 23.7 Å². The Morgan fingerprint density at radius 3 is 2.90 bits per heavy atom. The Morgan fingerprint density at radius 2 is 2.19 bits per heavy atom. The highest BCUT2D eigenvalue weighted by molar-refractivity contribution is 5.77. The van der Waals surface area contributed by atoms with Crippen molar-refractivity contribution < 1.29 is 18.3 Å². The first kappa shape index (κ1) is 15.4. The van der Waals surface area contributed by atoms with Crippen molar-refractivity contribution >= 4 is 16.9 Å². The summed E-state index contributed by atoms with van der Waals surface area (Å²) in [6, 6.07) is 7.27. The quantitative estimate of drug-likeness (QED) is 0.771. The molecule has 1 heterocycles. The molecule has 1 aromatic heterocycles. The normalized spacial score (nSPS) is 12.8. The highest BCUT2D eigenvalue weighted by atomic mass is 19.3. The molecule has 1 aromatic carbocycles. The number of carbonyl (C=O) groups excluding carboxylic acids is 1. The van der Waals surface area contributed by atoms with Crippen molar-refractivity contribution in [2.75, 3.05) is 13.2 Å². The summed E-state index contributed by atoms with van der Waals surface area (Å²) in [7, 11) is 0. The van der Waals surface area contributed by atoms with E-state index in [0.717, 1.165) is 11.0 Å². The van der Waals surface area contributed by atoms with Crippen molar-refractivity contribution in [1.82, 2.24) is 15.3 Å². The average Bonchev–Trinajstić information content (AvgIpc) is 2.87. The number of fused-ring (bicyclic) bond motifs is 1. The molecule has 0 fully saturated rings. The fourth-order valence-electron chi connectivity index (χ4n) is 1.90. The molecule has 0 aliphatic carbocycles. The third-order valence-electron chi connectivity index (χ3n) is 2.91. The van der Waals surface area contributed by atoms with E-state index in [-0.39, 0.29) is 25.0 Å². The minimum absolute atomic E-state index is 0.0248. The van der Waals surface area contributed by atoms with E-state index in [0.29, 0.717) is 5.82 Å². The zero-order chi connectivity index (χ0) is 15.2. The van der Waals surface area contributed by atoms with Gasteiger partial charge in [0.1, 0.15) is 12.4 Å². The summed E-state index contributed by atoms with van der Waals surface area (Å²) < 4.78 is 28.4. The summed E-state index contributed by atoms with van der Waals surface area (Å²) >= 11 is 0. The van der Waals surface area contributed by atoms with Crippen molar-refractivity contribution in [2.24, 2.45) is 0 Å². The molecule has 114 valence electrons. The van der Waals surface area contributed by atoms with E-state index >= 15 is 0 Å². The van der Waals surface area contributed by atoms with Crippen LogP contribution in [0.2, 0.25) is 0 Å². The lowest BCUT2D eigenvalue weighted by atomic mass is 10.3. The van der Waals surface area contributed by atoms with Gasteiger partial charge in [-0.15, -0.1) is 0 Å². The minimum Gasteiger partial charge on any atom is -0.375 e. The number of rotatable bonds is 7. The first-order valence-corrected chi connectivity index (χ1v) is 6.66. The molecule has 0 bridgehead atoms. The maximum atomic E-state index is 11.9.